The summed E-state index contributed by atoms with van der Waals surface area (Å²) >= 11 is 0. The Labute approximate surface area is 88.7 Å². The fraction of sp³-hybridized carbons (Fsp3) is 0.917. The van der Waals surface area contributed by atoms with E-state index in [0.29, 0.717) is 24.3 Å². The monoisotopic (exact) mass is 199 g/mol. The van der Waals surface area contributed by atoms with Crippen molar-refractivity contribution in [2.75, 3.05) is 6.54 Å². The summed E-state index contributed by atoms with van der Waals surface area (Å²) in [5.74, 6) is 0.860. The Morgan fingerprint density at radius 2 is 1.64 bits per heavy atom. The van der Waals surface area contributed by atoms with Crippen molar-refractivity contribution in [3.05, 3.63) is 0 Å². The lowest BCUT2D eigenvalue weighted by molar-refractivity contribution is -0.134. The van der Waals surface area contributed by atoms with Gasteiger partial charge < -0.3 is 4.90 Å². The quantitative estimate of drug-likeness (QED) is 0.644. The number of amides is 1. The summed E-state index contributed by atoms with van der Waals surface area (Å²) in [5.41, 5.74) is 0. The molecule has 0 aliphatic heterocycles. The maximum Gasteiger partial charge on any atom is 0.222 e. The maximum atomic E-state index is 11.7. The fourth-order valence-corrected chi connectivity index (χ4v) is 1.78. The van der Waals surface area contributed by atoms with Crippen molar-refractivity contribution in [1.82, 2.24) is 4.90 Å². The SMILES string of the molecule is CCC(=O)N(CC(C)C)C(CC)CC. The van der Waals surface area contributed by atoms with E-state index in [-0.39, 0.29) is 0 Å². The van der Waals surface area contributed by atoms with Crippen LogP contribution < -0.4 is 0 Å². The lowest BCUT2D eigenvalue weighted by Crippen LogP contribution is -2.41. The highest BCUT2D eigenvalue weighted by Crippen LogP contribution is 2.12. The third kappa shape index (κ3) is 4.12. The van der Waals surface area contributed by atoms with E-state index in [9.17, 15) is 4.79 Å². The van der Waals surface area contributed by atoms with E-state index in [4.69, 9.17) is 0 Å². The van der Waals surface area contributed by atoms with Crippen molar-refractivity contribution in [2.24, 2.45) is 5.92 Å². The Morgan fingerprint density at radius 3 is 1.93 bits per heavy atom. The number of rotatable bonds is 6. The Hall–Kier alpha value is -0.530. The molecule has 0 aromatic heterocycles. The van der Waals surface area contributed by atoms with Gasteiger partial charge in [-0.1, -0.05) is 34.6 Å². The Bertz CT molecular complexity index is 162. The van der Waals surface area contributed by atoms with Gasteiger partial charge >= 0.3 is 0 Å². The highest BCUT2D eigenvalue weighted by atomic mass is 16.2. The number of carbonyl (C=O) groups excluding carboxylic acids is 1. The lowest BCUT2D eigenvalue weighted by atomic mass is 10.1. The van der Waals surface area contributed by atoms with E-state index in [1.165, 1.54) is 0 Å². The van der Waals surface area contributed by atoms with Crippen LogP contribution >= 0.6 is 0 Å². The predicted molar refractivity (Wildman–Crippen MR) is 61.2 cm³/mol. The van der Waals surface area contributed by atoms with Gasteiger partial charge in [0.05, 0.1) is 0 Å². The van der Waals surface area contributed by atoms with Gasteiger partial charge in [0, 0.05) is 19.0 Å². The van der Waals surface area contributed by atoms with E-state index in [1.807, 2.05) is 6.92 Å². The molecule has 0 unspecified atom stereocenters. The molecule has 0 radical (unpaired) electrons. The third-order valence-electron chi connectivity index (χ3n) is 2.57. The molecule has 0 spiro atoms. The van der Waals surface area contributed by atoms with Crippen molar-refractivity contribution >= 4 is 5.91 Å². The molecule has 0 aromatic rings. The molecule has 14 heavy (non-hydrogen) atoms. The molecule has 0 aliphatic rings. The van der Waals surface area contributed by atoms with Gasteiger partial charge in [0.25, 0.3) is 0 Å². The molecule has 84 valence electrons. The molecule has 2 nitrogen and oxygen atoms in total. The molecule has 0 aliphatic carbocycles. The molecule has 0 fully saturated rings. The normalized spacial score (nSPS) is 11.1. The van der Waals surface area contributed by atoms with Crippen molar-refractivity contribution in [2.45, 2.75) is 59.9 Å². The Morgan fingerprint density at radius 1 is 1.14 bits per heavy atom. The van der Waals surface area contributed by atoms with Crippen molar-refractivity contribution in [1.29, 1.82) is 0 Å². The zero-order valence-electron chi connectivity index (χ0n) is 10.3. The van der Waals surface area contributed by atoms with Crippen molar-refractivity contribution in [3.8, 4) is 0 Å². The predicted octanol–water partition coefficient (Wildman–Crippen LogP) is 3.07. The summed E-state index contributed by atoms with van der Waals surface area (Å²) < 4.78 is 0. The van der Waals surface area contributed by atoms with Gasteiger partial charge in [0.2, 0.25) is 5.91 Å². The van der Waals surface area contributed by atoms with Crippen LogP contribution in [0.1, 0.15) is 53.9 Å². The largest absolute Gasteiger partial charge is 0.339 e. The van der Waals surface area contributed by atoms with Crippen LogP contribution in [0.15, 0.2) is 0 Å². The molecule has 0 N–H and O–H groups in total. The van der Waals surface area contributed by atoms with Gasteiger partial charge in [-0.3, -0.25) is 4.79 Å². The molecule has 0 atom stereocenters. The van der Waals surface area contributed by atoms with Crippen LogP contribution in [0.2, 0.25) is 0 Å². The second kappa shape index (κ2) is 6.86. The Balaban J connectivity index is 4.43. The van der Waals surface area contributed by atoms with Crippen LogP contribution in [0.25, 0.3) is 0 Å². The smallest absolute Gasteiger partial charge is 0.222 e. The maximum absolute atomic E-state index is 11.7. The first-order valence-electron chi connectivity index (χ1n) is 5.86. The Kier molecular flexibility index (Phi) is 6.60. The summed E-state index contributed by atoms with van der Waals surface area (Å²) in [6, 6.07) is 0.435. The molecule has 0 aromatic carbocycles. The first-order valence-corrected chi connectivity index (χ1v) is 5.86. The molecular formula is C12H25NO. The number of nitrogens with zero attached hydrogens (tertiary/aromatic N) is 1. The molecule has 1 amide bonds. The third-order valence-corrected chi connectivity index (χ3v) is 2.57. The van der Waals surface area contributed by atoms with Gasteiger partial charge in [-0.25, -0.2) is 0 Å². The topological polar surface area (TPSA) is 20.3 Å². The minimum atomic E-state index is 0.299. The van der Waals surface area contributed by atoms with E-state index >= 15 is 0 Å². The summed E-state index contributed by atoms with van der Waals surface area (Å²) in [6.07, 6.45) is 2.76. The van der Waals surface area contributed by atoms with Gasteiger partial charge in [-0.05, 0) is 18.8 Å². The van der Waals surface area contributed by atoms with Gasteiger partial charge in [-0.2, -0.15) is 0 Å². The van der Waals surface area contributed by atoms with Gasteiger partial charge in [0.15, 0.2) is 0 Å². The highest BCUT2D eigenvalue weighted by Gasteiger charge is 2.19. The minimum absolute atomic E-state index is 0.299. The van der Waals surface area contributed by atoms with Crippen molar-refractivity contribution < 1.29 is 4.79 Å². The van der Waals surface area contributed by atoms with Gasteiger partial charge in [-0.15, -0.1) is 0 Å². The molecule has 0 saturated heterocycles. The fourth-order valence-electron chi connectivity index (χ4n) is 1.78. The molecule has 0 rings (SSSR count). The van der Waals surface area contributed by atoms with E-state index in [0.717, 1.165) is 19.4 Å². The van der Waals surface area contributed by atoms with Crippen molar-refractivity contribution in [3.63, 3.8) is 0 Å². The summed E-state index contributed by atoms with van der Waals surface area (Å²) in [7, 11) is 0. The first-order chi connectivity index (χ1) is 6.56. The molecular weight excluding hydrogens is 174 g/mol. The van der Waals surface area contributed by atoms with E-state index in [2.05, 4.69) is 32.6 Å². The second-order valence-electron chi connectivity index (χ2n) is 4.26. The standard InChI is InChI=1S/C12H25NO/c1-6-11(7-2)13(9-10(4)5)12(14)8-3/h10-11H,6-9H2,1-5H3. The van der Waals surface area contributed by atoms with Crippen LogP contribution in [0.5, 0.6) is 0 Å². The van der Waals surface area contributed by atoms with Crippen LogP contribution in [-0.4, -0.2) is 23.4 Å². The van der Waals surface area contributed by atoms with E-state index in [1.54, 1.807) is 0 Å². The minimum Gasteiger partial charge on any atom is -0.339 e. The zero-order chi connectivity index (χ0) is 11.1. The average molecular weight is 199 g/mol. The molecule has 2 heteroatoms. The van der Waals surface area contributed by atoms with Crippen LogP contribution in [0.4, 0.5) is 0 Å². The molecule has 0 bridgehead atoms. The average Bonchev–Trinajstić information content (AvgIpc) is 2.16. The zero-order valence-corrected chi connectivity index (χ0v) is 10.3. The number of carbonyl (C=O) groups is 1. The van der Waals surface area contributed by atoms with Gasteiger partial charge in [0.1, 0.15) is 0 Å². The summed E-state index contributed by atoms with van der Waals surface area (Å²) in [4.78, 5) is 13.8. The highest BCUT2D eigenvalue weighted by molar-refractivity contribution is 5.76. The molecule has 0 saturated carbocycles. The summed E-state index contributed by atoms with van der Waals surface area (Å²) in [6.45, 7) is 11.5. The second-order valence-corrected chi connectivity index (χ2v) is 4.26. The number of hydrogen-bond donors (Lipinski definition) is 0. The molecule has 0 heterocycles. The first kappa shape index (κ1) is 13.5. The summed E-state index contributed by atoms with van der Waals surface area (Å²) in [5, 5.41) is 0. The van der Waals surface area contributed by atoms with E-state index < -0.39 is 0 Å². The lowest BCUT2D eigenvalue weighted by Gasteiger charge is -2.31. The van der Waals surface area contributed by atoms with Crippen LogP contribution in [-0.2, 0) is 4.79 Å². The number of hydrogen-bond acceptors (Lipinski definition) is 1. The van der Waals surface area contributed by atoms with Crippen LogP contribution in [0.3, 0.4) is 0 Å². The van der Waals surface area contributed by atoms with Crippen LogP contribution in [0, 0.1) is 5.92 Å².